The third-order valence-electron chi connectivity index (χ3n) is 2.91. The van der Waals surface area contributed by atoms with Crippen LogP contribution in [0, 0.1) is 18.6 Å². The second-order valence-corrected chi connectivity index (χ2v) is 4.76. The van der Waals surface area contributed by atoms with Gasteiger partial charge in [0, 0.05) is 6.54 Å². The Labute approximate surface area is 122 Å². The molecule has 0 saturated heterocycles. The number of aliphatic hydroxyl groups is 1. The molecule has 0 aliphatic rings. The highest BCUT2D eigenvalue weighted by Crippen LogP contribution is 2.18. The molecule has 0 amide bonds. The molecule has 112 valence electrons. The summed E-state index contributed by atoms with van der Waals surface area (Å²) in [6.45, 7) is 1.96. The van der Waals surface area contributed by atoms with E-state index in [4.69, 9.17) is 4.74 Å². The Bertz CT molecular complexity index is 584. The van der Waals surface area contributed by atoms with Crippen molar-refractivity contribution >= 4 is 5.69 Å². The largest absolute Gasteiger partial charge is 0.491 e. The molecule has 1 unspecified atom stereocenters. The van der Waals surface area contributed by atoms with Gasteiger partial charge >= 0.3 is 0 Å². The molecule has 1 atom stereocenters. The summed E-state index contributed by atoms with van der Waals surface area (Å²) in [7, 11) is 0. The van der Waals surface area contributed by atoms with E-state index in [-0.39, 0.29) is 18.8 Å². The molecule has 21 heavy (non-hydrogen) atoms. The van der Waals surface area contributed by atoms with Crippen molar-refractivity contribution in [1.29, 1.82) is 0 Å². The fourth-order valence-electron chi connectivity index (χ4n) is 1.84. The number of aryl methyl sites for hydroxylation is 1. The second-order valence-electron chi connectivity index (χ2n) is 4.76. The standard InChI is InChI=1S/C16H17F2NO2/c1-11-4-2-5-13(8-11)21-10-12(20)9-19-16-14(17)6-3-7-15(16)18/h2-8,12,19-20H,9-10H2,1H3. The highest BCUT2D eigenvalue weighted by Gasteiger charge is 2.11. The van der Waals surface area contributed by atoms with E-state index in [2.05, 4.69) is 5.32 Å². The van der Waals surface area contributed by atoms with Gasteiger partial charge in [0.25, 0.3) is 0 Å². The lowest BCUT2D eigenvalue weighted by atomic mass is 10.2. The van der Waals surface area contributed by atoms with Gasteiger partial charge in [0.2, 0.25) is 0 Å². The van der Waals surface area contributed by atoms with Crippen molar-refractivity contribution < 1.29 is 18.6 Å². The topological polar surface area (TPSA) is 41.5 Å². The summed E-state index contributed by atoms with van der Waals surface area (Å²) in [6.07, 6.45) is -0.885. The molecular weight excluding hydrogens is 276 g/mol. The molecule has 0 heterocycles. The summed E-state index contributed by atoms with van der Waals surface area (Å²) in [5.74, 6) is -0.741. The third kappa shape index (κ3) is 4.43. The third-order valence-corrected chi connectivity index (χ3v) is 2.91. The number of nitrogens with one attached hydrogen (secondary N) is 1. The first-order valence-electron chi connectivity index (χ1n) is 6.61. The number of ether oxygens (including phenoxy) is 1. The van der Waals surface area contributed by atoms with Gasteiger partial charge in [0.05, 0.1) is 0 Å². The lowest BCUT2D eigenvalue weighted by Crippen LogP contribution is -2.27. The molecule has 5 heteroatoms. The minimum absolute atomic E-state index is 0.0102. The van der Waals surface area contributed by atoms with Gasteiger partial charge in [-0.05, 0) is 36.8 Å². The van der Waals surface area contributed by atoms with Crippen LogP contribution in [-0.2, 0) is 0 Å². The number of anilines is 1. The zero-order valence-corrected chi connectivity index (χ0v) is 11.6. The van der Waals surface area contributed by atoms with Crippen LogP contribution in [0.2, 0.25) is 0 Å². The second kappa shape index (κ2) is 7.04. The Balaban J connectivity index is 1.84. The lowest BCUT2D eigenvalue weighted by Gasteiger charge is -2.15. The van der Waals surface area contributed by atoms with E-state index in [1.54, 1.807) is 6.07 Å². The van der Waals surface area contributed by atoms with E-state index in [1.165, 1.54) is 6.07 Å². The summed E-state index contributed by atoms with van der Waals surface area (Å²) in [4.78, 5) is 0. The molecule has 0 aliphatic heterocycles. The van der Waals surface area contributed by atoms with Crippen LogP contribution in [0.3, 0.4) is 0 Å². The number of benzene rings is 2. The predicted octanol–water partition coefficient (Wildman–Crippen LogP) is 3.13. The van der Waals surface area contributed by atoms with Gasteiger partial charge in [0.15, 0.2) is 0 Å². The zero-order valence-electron chi connectivity index (χ0n) is 11.6. The van der Waals surface area contributed by atoms with E-state index in [0.717, 1.165) is 17.7 Å². The molecule has 0 radical (unpaired) electrons. The Morgan fingerprint density at radius 3 is 2.48 bits per heavy atom. The smallest absolute Gasteiger partial charge is 0.149 e. The van der Waals surface area contributed by atoms with Gasteiger partial charge < -0.3 is 15.2 Å². The van der Waals surface area contributed by atoms with E-state index >= 15 is 0 Å². The molecule has 2 aromatic carbocycles. The van der Waals surface area contributed by atoms with Crippen LogP contribution < -0.4 is 10.1 Å². The molecule has 0 aromatic heterocycles. The Hall–Kier alpha value is -2.14. The molecule has 2 rings (SSSR count). The van der Waals surface area contributed by atoms with Crippen LogP contribution >= 0.6 is 0 Å². The highest BCUT2D eigenvalue weighted by atomic mass is 19.1. The maximum atomic E-state index is 13.4. The molecular formula is C16H17F2NO2. The average molecular weight is 293 g/mol. The maximum Gasteiger partial charge on any atom is 0.149 e. The van der Waals surface area contributed by atoms with Crippen molar-refractivity contribution in [3.05, 3.63) is 59.7 Å². The Morgan fingerprint density at radius 2 is 1.81 bits per heavy atom. The molecule has 0 spiro atoms. The van der Waals surface area contributed by atoms with Gasteiger partial charge in [-0.1, -0.05) is 18.2 Å². The van der Waals surface area contributed by atoms with Crippen LogP contribution in [0.4, 0.5) is 14.5 Å². The average Bonchev–Trinajstić information content (AvgIpc) is 2.45. The minimum Gasteiger partial charge on any atom is -0.491 e. The van der Waals surface area contributed by atoms with Crippen LogP contribution in [0.1, 0.15) is 5.56 Å². The molecule has 2 aromatic rings. The summed E-state index contributed by atoms with van der Waals surface area (Å²) in [6, 6.07) is 11.0. The number of halogens is 2. The molecule has 0 bridgehead atoms. The molecule has 2 N–H and O–H groups in total. The van der Waals surface area contributed by atoms with Gasteiger partial charge in [-0.3, -0.25) is 0 Å². The van der Waals surface area contributed by atoms with Crippen LogP contribution in [0.25, 0.3) is 0 Å². The summed E-state index contributed by atoms with van der Waals surface area (Å²) in [5, 5.41) is 12.3. The van der Waals surface area contributed by atoms with Crippen molar-refractivity contribution in [3.8, 4) is 5.75 Å². The number of hydrogen-bond donors (Lipinski definition) is 2. The zero-order chi connectivity index (χ0) is 15.2. The normalized spacial score (nSPS) is 12.0. The van der Waals surface area contributed by atoms with Crippen LogP contribution in [0.5, 0.6) is 5.75 Å². The molecule has 3 nitrogen and oxygen atoms in total. The van der Waals surface area contributed by atoms with Crippen molar-refractivity contribution in [2.45, 2.75) is 13.0 Å². The molecule has 0 aliphatic carbocycles. The van der Waals surface area contributed by atoms with Gasteiger partial charge in [-0.2, -0.15) is 0 Å². The molecule has 0 saturated carbocycles. The first-order valence-corrected chi connectivity index (χ1v) is 6.61. The van der Waals surface area contributed by atoms with Crippen LogP contribution in [-0.4, -0.2) is 24.4 Å². The predicted molar refractivity (Wildman–Crippen MR) is 77.5 cm³/mol. The SMILES string of the molecule is Cc1cccc(OCC(O)CNc2c(F)cccc2F)c1. The van der Waals surface area contributed by atoms with E-state index < -0.39 is 17.7 Å². The lowest BCUT2D eigenvalue weighted by molar-refractivity contribution is 0.117. The quantitative estimate of drug-likeness (QED) is 0.860. The summed E-state index contributed by atoms with van der Waals surface area (Å²) in [5.41, 5.74) is 0.806. The summed E-state index contributed by atoms with van der Waals surface area (Å²) < 4.78 is 32.2. The maximum absolute atomic E-state index is 13.4. The number of rotatable bonds is 6. The van der Waals surface area contributed by atoms with Crippen molar-refractivity contribution in [3.63, 3.8) is 0 Å². The van der Waals surface area contributed by atoms with Crippen LogP contribution in [0.15, 0.2) is 42.5 Å². The van der Waals surface area contributed by atoms with Gasteiger partial charge in [-0.25, -0.2) is 8.78 Å². The fraction of sp³-hybridized carbons (Fsp3) is 0.250. The fourth-order valence-corrected chi connectivity index (χ4v) is 1.84. The van der Waals surface area contributed by atoms with Crippen molar-refractivity contribution in [1.82, 2.24) is 0 Å². The monoisotopic (exact) mass is 293 g/mol. The van der Waals surface area contributed by atoms with Crippen molar-refractivity contribution in [2.24, 2.45) is 0 Å². The minimum atomic E-state index is -0.885. The number of para-hydroxylation sites is 1. The van der Waals surface area contributed by atoms with E-state index in [9.17, 15) is 13.9 Å². The number of aliphatic hydroxyl groups excluding tert-OH is 1. The molecule has 0 fully saturated rings. The van der Waals surface area contributed by atoms with Gasteiger partial charge in [0.1, 0.15) is 35.8 Å². The Morgan fingerprint density at radius 1 is 1.14 bits per heavy atom. The summed E-state index contributed by atoms with van der Waals surface area (Å²) >= 11 is 0. The Kier molecular flexibility index (Phi) is 5.11. The van der Waals surface area contributed by atoms with Crippen molar-refractivity contribution in [2.75, 3.05) is 18.5 Å². The highest BCUT2D eigenvalue weighted by molar-refractivity contribution is 5.46. The first-order chi connectivity index (χ1) is 10.1. The van der Waals surface area contributed by atoms with Gasteiger partial charge in [-0.15, -0.1) is 0 Å². The van der Waals surface area contributed by atoms with E-state index in [1.807, 2.05) is 25.1 Å². The first kappa shape index (κ1) is 15.3. The number of hydrogen-bond acceptors (Lipinski definition) is 3. The van der Waals surface area contributed by atoms with E-state index in [0.29, 0.717) is 5.75 Å².